The van der Waals surface area contributed by atoms with Gasteiger partial charge >= 0.3 is 0 Å². The van der Waals surface area contributed by atoms with Crippen molar-refractivity contribution < 1.29 is 9.84 Å². The summed E-state index contributed by atoms with van der Waals surface area (Å²) >= 11 is 0. The van der Waals surface area contributed by atoms with Crippen LogP contribution < -0.4 is 0 Å². The first-order valence-corrected chi connectivity index (χ1v) is 5.06. The van der Waals surface area contributed by atoms with E-state index in [-0.39, 0.29) is 12.0 Å². The molecular formula is C9H19O2P. The third-order valence-corrected chi connectivity index (χ3v) is 3.03. The maximum Gasteiger partial charge on any atom is 0.0645 e. The number of aliphatic hydroxyl groups is 1. The maximum atomic E-state index is 9.16. The summed E-state index contributed by atoms with van der Waals surface area (Å²) in [5, 5.41) is 9.16. The van der Waals surface area contributed by atoms with E-state index in [0.29, 0.717) is 13.2 Å². The molecule has 0 aliphatic rings. The van der Waals surface area contributed by atoms with Gasteiger partial charge in [0.1, 0.15) is 0 Å². The van der Waals surface area contributed by atoms with E-state index in [1.165, 1.54) is 0 Å². The van der Waals surface area contributed by atoms with Gasteiger partial charge in [-0.25, -0.2) is 0 Å². The largest absolute Gasteiger partial charge is 0.396 e. The Bertz CT molecular complexity index is 113. The Morgan fingerprint density at radius 2 is 2.33 bits per heavy atom. The Kier molecular flexibility index (Phi) is 6.64. The standard InChI is InChI=1S/C9H19O2P/c1-3-5-11-7-9(4-2,6-10)8-12/h3,10H,1,4-8,12H2,2H3. The van der Waals surface area contributed by atoms with Crippen LogP contribution in [0, 0.1) is 5.41 Å². The molecule has 0 rings (SSSR count). The molecular weight excluding hydrogens is 171 g/mol. The van der Waals surface area contributed by atoms with Crippen LogP contribution in [0.15, 0.2) is 12.7 Å². The summed E-state index contributed by atoms with van der Waals surface area (Å²) < 4.78 is 5.33. The normalized spacial score (nSPS) is 15.6. The van der Waals surface area contributed by atoms with Crippen LogP contribution in [0.4, 0.5) is 0 Å². The number of ether oxygens (including phenoxy) is 1. The molecule has 2 unspecified atom stereocenters. The SMILES string of the molecule is C=CCOCC(CC)(CO)CP. The average Bonchev–Trinajstić information content (AvgIpc) is 2.14. The molecule has 72 valence electrons. The van der Waals surface area contributed by atoms with Gasteiger partial charge in [-0.15, -0.1) is 15.8 Å². The first-order valence-electron chi connectivity index (χ1n) is 4.24. The molecule has 1 N–H and O–H groups in total. The second-order valence-corrected chi connectivity index (χ2v) is 3.43. The van der Waals surface area contributed by atoms with E-state index >= 15 is 0 Å². The van der Waals surface area contributed by atoms with Crippen LogP contribution in [0.25, 0.3) is 0 Å². The lowest BCUT2D eigenvalue weighted by Gasteiger charge is -2.28. The molecule has 0 amide bonds. The van der Waals surface area contributed by atoms with E-state index in [4.69, 9.17) is 9.84 Å². The van der Waals surface area contributed by atoms with Gasteiger partial charge in [0.25, 0.3) is 0 Å². The van der Waals surface area contributed by atoms with Gasteiger partial charge in [0.2, 0.25) is 0 Å². The van der Waals surface area contributed by atoms with E-state index in [9.17, 15) is 0 Å². The minimum absolute atomic E-state index is 0.0757. The summed E-state index contributed by atoms with van der Waals surface area (Å²) in [6.07, 6.45) is 3.53. The highest BCUT2D eigenvalue weighted by Gasteiger charge is 2.25. The van der Waals surface area contributed by atoms with Crippen molar-refractivity contribution in [3.63, 3.8) is 0 Å². The zero-order chi connectivity index (χ0) is 9.45. The Balaban J connectivity index is 3.84. The molecule has 3 heteroatoms. The second kappa shape index (κ2) is 6.59. The van der Waals surface area contributed by atoms with Crippen molar-refractivity contribution >= 4 is 9.24 Å². The van der Waals surface area contributed by atoms with E-state index in [1.54, 1.807) is 6.08 Å². The summed E-state index contributed by atoms with van der Waals surface area (Å²) in [4.78, 5) is 0. The van der Waals surface area contributed by atoms with Gasteiger partial charge in [-0.3, -0.25) is 0 Å². The summed E-state index contributed by atoms with van der Waals surface area (Å²) in [6.45, 7) is 6.99. The molecule has 2 atom stereocenters. The lowest BCUT2D eigenvalue weighted by molar-refractivity contribution is 0.0292. The van der Waals surface area contributed by atoms with E-state index in [1.807, 2.05) is 0 Å². The van der Waals surface area contributed by atoms with Gasteiger partial charge in [0.15, 0.2) is 0 Å². The summed E-state index contributed by atoms with van der Waals surface area (Å²) in [7, 11) is 2.66. The highest BCUT2D eigenvalue weighted by molar-refractivity contribution is 7.16. The molecule has 0 aromatic carbocycles. The number of rotatable bonds is 7. The minimum atomic E-state index is -0.0757. The number of hydrogen-bond acceptors (Lipinski definition) is 2. The number of hydrogen-bond donors (Lipinski definition) is 1. The van der Waals surface area contributed by atoms with Crippen molar-refractivity contribution in [3.8, 4) is 0 Å². The molecule has 0 aliphatic heterocycles. The predicted molar refractivity (Wildman–Crippen MR) is 55.4 cm³/mol. The molecule has 0 saturated carbocycles. The van der Waals surface area contributed by atoms with Gasteiger partial charge < -0.3 is 9.84 Å². The Morgan fingerprint density at radius 1 is 1.67 bits per heavy atom. The average molecular weight is 190 g/mol. The summed E-state index contributed by atoms with van der Waals surface area (Å²) in [5.41, 5.74) is -0.0757. The lowest BCUT2D eigenvalue weighted by atomic mass is 9.89. The zero-order valence-electron chi connectivity index (χ0n) is 7.75. The summed E-state index contributed by atoms with van der Waals surface area (Å²) in [5.74, 6) is 0. The first kappa shape index (κ1) is 12.1. The highest BCUT2D eigenvalue weighted by atomic mass is 31.0. The fourth-order valence-electron chi connectivity index (χ4n) is 0.886. The van der Waals surface area contributed by atoms with E-state index in [2.05, 4.69) is 22.7 Å². The smallest absolute Gasteiger partial charge is 0.0645 e. The van der Waals surface area contributed by atoms with Crippen molar-refractivity contribution in [2.75, 3.05) is 26.0 Å². The molecule has 0 saturated heterocycles. The minimum Gasteiger partial charge on any atom is -0.396 e. The van der Waals surface area contributed by atoms with Crippen molar-refractivity contribution in [2.45, 2.75) is 13.3 Å². The van der Waals surface area contributed by atoms with E-state index < -0.39 is 0 Å². The van der Waals surface area contributed by atoms with Gasteiger partial charge in [-0.2, -0.15) is 0 Å². The molecule has 12 heavy (non-hydrogen) atoms. The van der Waals surface area contributed by atoms with Crippen LogP contribution in [0.2, 0.25) is 0 Å². The quantitative estimate of drug-likeness (QED) is 0.374. The maximum absolute atomic E-state index is 9.16. The van der Waals surface area contributed by atoms with Gasteiger partial charge in [0, 0.05) is 5.41 Å². The monoisotopic (exact) mass is 190 g/mol. The van der Waals surface area contributed by atoms with Crippen LogP contribution >= 0.6 is 9.24 Å². The topological polar surface area (TPSA) is 29.5 Å². The molecule has 0 heterocycles. The fraction of sp³-hybridized carbons (Fsp3) is 0.778. The van der Waals surface area contributed by atoms with Crippen LogP contribution in [0.3, 0.4) is 0 Å². The first-order chi connectivity index (χ1) is 5.74. The fourth-order valence-corrected chi connectivity index (χ4v) is 1.42. The van der Waals surface area contributed by atoms with Crippen molar-refractivity contribution in [2.24, 2.45) is 5.41 Å². The van der Waals surface area contributed by atoms with Crippen molar-refractivity contribution in [3.05, 3.63) is 12.7 Å². The van der Waals surface area contributed by atoms with Gasteiger partial charge in [-0.1, -0.05) is 13.0 Å². The van der Waals surface area contributed by atoms with Crippen LogP contribution in [-0.2, 0) is 4.74 Å². The van der Waals surface area contributed by atoms with Crippen molar-refractivity contribution in [1.29, 1.82) is 0 Å². The molecule has 0 spiro atoms. The second-order valence-electron chi connectivity index (χ2n) is 3.02. The third kappa shape index (κ3) is 3.66. The molecule has 0 aromatic heterocycles. The van der Waals surface area contributed by atoms with Gasteiger partial charge in [0.05, 0.1) is 19.8 Å². The predicted octanol–water partition coefficient (Wildman–Crippen LogP) is 1.45. The molecule has 0 bridgehead atoms. The molecule has 0 radical (unpaired) electrons. The van der Waals surface area contributed by atoms with Crippen LogP contribution in [0.5, 0.6) is 0 Å². The molecule has 0 aliphatic carbocycles. The molecule has 2 nitrogen and oxygen atoms in total. The zero-order valence-corrected chi connectivity index (χ0v) is 8.91. The Labute approximate surface area is 77.2 Å². The Morgan fingerprint density at radius 3 is 2.67 bits per heavy atom. The lowest BCUT2D eigenvalue weighted by Crippen LogP contribution is -2.32. The molecule has 0 fully saturated rings. The third-order valence-electron chi connectivity index (χ3n) is 2.16. The van der Waals surface area contributed by atoms with Crippen molar-refractivity contribution in [1.82, 2.24) is 0 Å². The van der Waals surface area contributed by atoms with Crippen LogP contribution in [-0.4, -0.2) is 31.1 Å². The Hall–Kier alpha value is 0.0900. The number of aliphatic hydroxyl groups excluding tert-OH is 1. The highest BCUT2D eigenvalue weighted by Crippen LogP contribution is 2.24. The van der Waals surface area contributed by atoms with Gasteiger partial charge in [-0.05, 0) is 12.6 Å². The summed E-state index contributed by atoms with van der Waals surface area (Å²) in [6, 6.07) is 0. The molecule has 0 aromatic rings. The van der Waals surface area contributed by atoms with Crippen LogP contribution in [0.1, 0.15) is 13.3 Å². The van der Waals surface area contributed by atoms with E-state index in [0.717, 1.165) is 12.6 Å².